The molecule has 1 aliphatic rings. The first-order valence-electron chi connectivity index (χ1n) is 7.90. The van der Waals surface area contributed by atoms with E-state index in [1.165, 1.54) is 17.5 Å². The first-order chi connectivity index (χ1) is 10.3. The van der Waals surface area contributed by atoms with Gasteiger partial charge in [-0.25, -0.2) is 0 Å². The average molecular weight is 281 g/mol. The second-order valence-corrected chi connectivity index (χ2v) is 5.90. The van der Waals surface area contributed by atoms with E-state index in [-0.39, 0.29) is 0 Å². The van der Waals surface area contributed by atoms with Crippen LogP contribution in [0.4, 0.5) is 0 Å². The molecule has 0 amide bonds. The van der Waals surface area contributed by atoms with Gasteiger partial charge in [-0.05, 0) is 61.4 Å². The van der Waals surface area contributed by atoms with Crippen LogP contribution < -0.4 is 5.32 Å². The summed E-state index contributed by atoms with van der Waals surface area (Å²) in [6.07, 6.45) is 5.45. The van der Waals surface area contributed by atoms with E-state index in [0.29, 0.717) is 11.8 Å². The average Bonchev–Trinajstić information content (AvgIpc) is 2.53. The van der Waals surface area contributed by atoms with E-state index in [4.69, 9.17) is 0 Å². The highest BCUT2D eigenvalue weighted by Gasteiger charge is 2.19. The summed E-state index contributed by atoms with van der Waals surface area (Å²) in [5.74, 6) is 0.468. The number of rotatable bonds is 5. The zero-order chi connectivity index (χ0) is 14.5. The molecule has 0 aromatic heterocycles. The molecule has 0 saturated heterocycles. The Morgan fingerprint density at radius 1 is 1.05 bits per heavy atom. The maximum absolute atomic E-state index is 9.86. The molecule has 1 unspecified atom stereocenters. The molecule has 0 fully saturated rings. The van der Waals surface area contributed by atoms with Crippen molar-refractivity contribution < 1.29 is 5.11 Å². The van der Waals surface area contributed by atoms with Gasteiger partial charge in [0.05, 0.1) is 0 Å². The quantitative estimate of drug-likeness (QED) is 0.823. The molecule has 0 radical (unpaired) electrons. The molecule has 110 valence electrons. The second kappa shape index (κ2) is 6.77. The van der Waals surface area contributed by atoms with Crippen LogP contribution in [0.2, 0.25) is 0 Å². The second-order valence-electron chi connectivity index (χ2n) is 5.90. The highest BCUT2D eigenvalue weighted by atomic mass is 16.3. The van der Waals surface area contributed by atoms with Crippen LogP contribution >= 0.6 is 0 Å². The molecule has 2 aromatic carbocycles. The van der Waals surface area contributed by atoms with Crippen molar-refractivity contribution in [3.8, 4) is 5.75 Å². The molecule has 2 aromatic rings. The lowest BCUT2D eigenvalue weighted by molar-refractivity contribution is 0.430. The molecule has 0 saturated carbocycles. The van der Waals surface area contributed by atoms with Crippen molar-refractivity contribution >= 4 is 0 Å². The predicted octanol–water partition coefficient (Wildman–Crippen LogP) is 3.47. The molecular weight excluding hydrogens is 258 g/mol. The van der Waals surface area contributed by atoms with Crippen LogP contribution in [0.5, 0.6) is 5.75 Å². The molecule has 3 rings (SSSR count). The molecule has 0 heterocycles. The van der Waals surface area contributed by atoms with E-state index in [1.807, 2.05) is 6.07 Å². The summed E-state index contributed by atoms with van der Waals surface area (Å²) in [5.41, 5.74) is 3.87. The molecule has 2 N–H and O–H groups in total. The number of aryl methyl sites for hydroxylation is 1. The molecule has 2 heteroatoms. The van der Waals surface area contributed by atoms with Gasteiger partial charge in [-0.1, -0.05) is 42.5 Å². The van der Waals surface area contributed by atoms with Crippen molar-refractivity contribution in [1.29, 1.82) is 0 Å². The molecular formula is C19H23NO. The van der Waals surface area contributed by atoms with Crippen LogP contribution in [0.15, 0.2) is 48.5 Å². The third-order valence-electron chi connectivity index (χ3n) is 4.38. The van der Waals surface area contributed by atoms with Gasteiger partial charge in [0.25, 0.3) is 0 Å². The largest absolute Gasteiger partial charge is 0.508 e. The van der Waals surface area contributed by atoms with E-state index in [9.17, 15) is 5.11 Å². The molecule has 1 aliphatic carbocycles. The minimum Gasteiger partial charge on any atom is -0.508 e. The van der Waals surface area contributed by atoms with E-state index >= 15 is 0 Å². The van der Waals surface area contributed by atoms with E-state index in [2.05, 4.69) is 41.7 Å². The SMILES string of the molecule is Oc1cccc2c1CCC(NCCCc1ccccc1)C2. The monoisotopic (exact) mass is 281 g/mol. The zero-order valence-corrected chi connectivity index (χ0v) is 12.4. The molecule has 1 atom stereocenters. The van der Waals surface area contributed by atoms with Crippen LogP contribution in [-0.4, -0.2) is 17.7 Å². The third-order valence-corrected chi connectivity index (χ3v) is 4.38. The fourth-order valence-electron chi connectivity index (χ4n) is 3.20. The van der Waals surface area contributed by atoms with Crippen LogP contribution in [0.25, 0.3) is 0 Å². The summed E-state index contributed by atoms with van der Waals surface area (Å²) in [7, 11) is 0. The highest BCUT2D eigenvalue weighted by Crippen LogP contribution is 2.28. The molecule has 0 aliphatic heterocycles. The Labute approximate surface area is 126 Å². The lowest BCUT2D eigenvalue weighted by Gasteiger charge is -2.26. The Balaban J connectivity index is 1.45. The molecule has 21 heavy (non-hydrogen) atoms. The Morgan fingerprint density at radius 2 is 1.90 bits per heavy atom. The molecule has 0 bridgehead atoms. The number of phenolic OH excluding ortho intramolecular Hbond substituents is 1. The van der Waals surface area contributed by atoms with Gasteiger partial charge in [0.1, 0.15) is 5.75 Å². The molecule has 2 nitrogen and oxygen atoms in total. The highest BCUT2D eigenvalue weighted by molar-refractivity contribution is 5.41. The summed E-state index contributed by atoms with van der Waals surface area (Å²) in [4.78, 5) is 0. The van der Waals surface area contributed by atoms with Gasteiger partial charge in [0.2, 0.25) is 0 Å². The fourth-order valence-corrected chi connectivity index (χ4v) is 3.20. The first kappa shape index (κ1) is 14.2. The van der Waals surface area contributed by atoms with Crippen molar-refractivity contribution in [3.63, 3.8) is 0 Å². The van der Waals surface area contributed by atoms with Crippen LogP contribution in [0.1, 0.15) is 29.5 Å². The summed E-state index contributed by atoms with van der Waals surface area (Å²) >= 11 is 0. The normalized spacial score (nSPS) is 17.4. The lowest BCUT2D eigenvalue weighted by atomic mass is 9.87. The van der Waals surface area contributed by atoms with Gasteiger partial charge in [-0.3, -0.25) is 0 Å². The van der Waals surface area contributed by atoms with Crippen LogP contribution in [0.3, 0.4) is 0 Å². The summed E-state index contributed by atoms with van der Waals surface area (Å²) < 4.78 is 0. The first-order valence-corrected chi connectivity index (χ1v) is 7.90. The lowest BCUT2D eigenvalue weighted by Crippen LogP contribution is -2.35. The van der Waals surface area contributed by atoms with Gasteiger partial charge in [-0.2, -0.15) is 0 Å². The summed E-state index contributed by atoms with van der Waals surface area (Å²) in [6, 6.07) is 17.1. The summed E-state index contributed by atoms with van der Waals surface area (Å²) in [6.45, 7) is 1.06. The predicted molar refractivity (Wildman–Crippen MR) is 86.7 cm³/mol. The topological polar surface area (TPSA) is 32.3 Å². The number of aromatic hydroxyl groups is 1. The van der Waals surface area contributed by atoms with Crippen LogP contribution in [0, 0.1) is 0 Å². The zero-order valence-electron chi connectivity index (χ0n) is 12.4. The Hall–Kier alpha value is -1.80. The maximum atomic E-state index is 9.86. The number of hydrogen-bond donors (Lipinski definition) is 2. The van der Waals surface area contributed by atoms with Crippen molar-refractivity contribution in [2.45, 2.75) is 38.1 Å². The van der Waals surface area contributed by atoms with E-state index in [1.54, 1.807) is 6.07 Å². The minimum absolute atomic E-state index is 0.468. The fraction of sp³-hybridized carbons (Fsp3) is 0.368. The van der Waals surface area contributed by atoms with Gasteiger partial charge in [0, 0.05) is 6.04 Å². The Bertz CT molecular complexity index is 579. The third kappa shape index (κ3) is 3.64. The number of benzene rings is 2. The number of phenols is 1. The number of fused-ring (bicyclic) bond motifs is 1. The van der Waals surface area contributed by atoms with Crippen molar-refractivity contribution in [3.05, 3.63) is 65.2 Å². The smallest absolute Gasteiger partial charge is 0.119 e. The van der Waals surface area contributed by atoms with E-state index < -0.39 is 0 Å². The van der Waals surface area contributed by atoms with Crippen LogP contribution in [-0.2, 0) is 19.3 Å². The van der Waals surface area contributed by atoms with Gasteiger partial charge in [0.15, 0.2) is 0 Å². The molecule has 0 spiro atoms. The maximum Gasteiger partial charge on any atom is 0.119 e. The number of nitrogens with one attached hydrogen (secondary N) is 1. The standard InChI is InChI=1S/C19H23NO/c21-19-10-4-9-16-14-17(11-12-18(16)19)20-13-5-8-15-6-2-1-3-7-15/h1-4,6-7,9-10,17,20-21H,5,8,11-14H2. The Kier molecular flexibility index (Phi) is 4.56. The van der Waals surface area contributed by atoms with Crippen molar-refractivity contribution in [2.75, 3.05) is 6.54 Å². The van der Waals surface area contributed by atoms with Crippen molar-refractivity contribution in [1.82, 2.24) is 5.32 Å². The van der Waals surface area contributed by atoms with Gasteiger partial charge in [-0.15, -0.1) is 0 Å². The van der Waals surface area contributed by atoms with Gasteiger partial charge < -0.3 is 10.4 Å². The number of hydrogen-bond acceptors (Lipinski definition) is 2. The van der Waals surface area contributed by atoms with E-state index in [0.717, 1.165) is 37.8 Å². The Morgan fingerprint density at radius 3 is 2.76 bits per heavy atom. The summed E-state index contributed by atoms with van der Waals surface area (Å²) in [5, 5.41) is 13.5. The van der Waals surface area contributed by atoms with Gasteiger partial charge >= 0.3 is 0 Å². The van der Waals surface area contributed by atoms with Crippen molar-refractivity contribution in [2.24, 2.45) is 0 Å². The minimum atomic E-state index is 0.468.